The molecule has 0 heterocycles. The van der Waals surface area contributed by atoms with Crippen LogP contribution in [-0.2, 0) is 4.79 Å². The van der Waals surface area contributed by atoms with Gasteiger partial charge in [-0.2, -0.15) is 18.4 Å². The fourth-order valence-corrected chi connectivity index (χ4v) is 1.44. The highest BCUT2D eigenvalue weighted by Crippen LogP contribution is 2.25. The zero-order valence-corrected chi connectivity index (χ0v) is 9.41. The molecule has 0 aliphatic carbocycles. The molecule has 0 radical (unpaired) electrons. The van der Waals surface area contributed by atoms with Crippen molar-refractivity contribution in [2.24, 2.45) is 0 Å². The summed E-state index contributed by atoms with van der Waals surface area (Å²) in [7, 11) is 0. The van der Waals surface area contributed by atoms with Gasteiger partial charge in [0, 0.05) is 0 Å². The Hall–Kier alpha value is -2.30. The topological polar surface area (TPSA) is 64.3 Å². The fraction of sp³-hybridized carbons (Fsp3) is 0.273. The van der Waals surface area contributed by atoms with Crippen molar-refractivity contribution in [2.45, 2.75) is 6.18 Å². The van der Waals surface area contributed by atoms with E-state index in [4.69, 9.17) is 10.4 Å². The number of benzene rings is 1. The van der Waals surface area contributed by atoms with Crippen LogP contribution in [0.5, 0.6) is 0 Å². The van der Waals surface area contributed by atoms with Gasteiger partial charge in [0.15, 0.2) is 0 Å². The van der Waals surface area contributed by atoms with Crippen molar-refractivity contribution in [1.82, 2.24) is 0 Å². The zero-order chi connectivity index (χ0) is 14.6. The molecule has 0 atom stereocenters. The minimum Gasteiger partial charge on any atom is -0.480 e. The minimum absolute atomic E-state index is 0.0662. The first kappa shape index (κ1) is 14.8. The Balaban J connectivity index is 3.10. The Bertz CT molecular complexity index is 522. The van der Waals surface area contributed by atoms with Gasteiger partial charge < -0.3 is 10.0 Å². The molecule has 0 aromatic heterocycles. The molecule has 0 fully saturated rings. The van der Waals surface area contributed by atoms with E-state index in [9.17, 15) is 22.4 Å². The molecule has 4 nitrogen and oxygen atoms in total. The number of nitriles is 1. The highest BCUT2D eigenvalue weighted by atomic mass is 19.4. The molecule has 0 saturated carbocycles. The van der Waals surface area contributed by atoms with Crippen LogP contribution in [0.2, 0.25) is 0 Å². The Morgan fingerprint density at radius 1 is 1.42 bits per heavy atom. The largest absolute Gasteiger partial charge is 0.480 e. The number of alkyl halides is 3. The lowest BCUT2D eigenvalue weighted by atomic mass is 10.2. The first-order chi connectivity index (χ1) is 8.73. The van der Waals surface area contributed by atoms with Gasteiger partial charge in [-0.05, 0) is 18.2 Å². The molecule has 8 heteroatoms. The maximum Gasteiger partial charge on any atom is 0.405 e. The van der Waals surface area contributed by atoms with Crippen LogP contribution >= 0.6 is 0 Å². The number of nitrogens with zero attached hydrogens (tertiary/aromatic N) is 2. The van der Waals surface area contributed by atoms with E-state index in [0.29, 0.717) is 4.90 Å². The Morgan fingerprint density at radius 3 is 2.47 bits per heavy atom. The van der Waals surface area contributed by atoms with Crippen LogP contribution in [0.25, 0.3) is 0 Å². The van der Waals surface area contributed by atoms with E-state index in [-0.39, 0.29) is 5.56 Å². The molecule has 1 rings (SSSR count). The van der Waals surface area contributed by atoms with E-state index < -0.39 is 36.7 Å². The molecule has 1 aromatic carbocycles. The summed E-state index contributed by atoms with van der Waals surface area (Å²) in [6.07, 6.45) is -4.67. The molecule has 0 aliphatic rings. The molecule has 0 unspecified atom stereocenters. The normalized spacial score (nSPS) is 10.9. The highest BCUT2D eigenvalue weighted by molar-refractivity contribution is 5.74. The maximum atomic E-state index is 13.6. The molecule has 0 spiro atoms. The predicted molar refractivity (Wildman–Crippen MR) is 57.0 cm³/mol. The standard InChI is InChI=1S/C11H8F4N2O2/c12-8-3-7(4-16)1-2-9(8)17(5-10(18)19)6-11(13,14)15/h1-3H,5-6H2,(H,18,19). The third-order valence-corrected chi connectivity index (χ3v) is 2.11. The van der Waals surface area contributed by atoms with Gasteiger partial charge in [0.2, 0.25) is 0 Å². The molecule has 1 aromatic rings. The van der Waals surface area contributed by atoms with Crippen molar-refractivity contribution in [2.75, 3.05) is 18.0 Å². The highest BCUT2D eigenvalue weighted by Gasteiger charge is 2.32. The number of halogens is 4. The van der Waals surface area contributed by atoms with Gasteiger partial charge in [0.25, 0.3) is 0 Å². The van der Waals surface area contributed by atoms with E-state index in [1.807, 2.05) is 0 Å². The fourth-order valence-electron chi connectivity index (χ4n) is 1.44. The Kier molecular flexibility index (Phi) is 4.32. The van der Waals surface area contributed by atoms with Crippen molar-refractivity contribution >= 4 is 11.7 Å². The molecule has 0 aliphatic heterocycles. The van der Waals surface area contributed by atoms with E-state index in [1.54, 1.807) is 6.07 Å². The van der Waals surface area contributed by atoms with Crippen LogP contribution in [0, 0.1) is 17.1 Å². The van der Waals surface area contributed by atoms with Gasteiger partial charge in [-0.15, -0.1) is 0 Å². The van der Waals surface area contributed by atoms with Gasteiger partial charge >= 0.3 is 12.1 Å². The quantitative estimate of drug-likeness (QED) is 0.856. The van der Waals surface area contributed by atoms with Gasteiger partial charge in [0.05, 0.1) is 17.3 Å². The number of carboxylic acids is 1. The average molecular weight is 276 g/mol. The molecular formula is C11H8F4N2O2. The summed E-state index contributed by atoms with van der Waals surface area (Å²) in [6, 6.07) is 4.44. The summed E-state index contributed by atoms with van der Waals surface area (Å²) in [6.45, 7) is -2.59. The summed E-state index contributed by atoms with van der Waals surface area (Å²) in [4.78, 5) is 10.9. The predicted octanol–water partition coefficient (Wildman–Crippen LogP) is 2.15. The first-order valence-corrected chi connectivity index (χ1v) is 4.96. The van der Waals surface area contributed by atoms with Crippen LogP contribution in [0.3, 0.4) is 0 Å². The summed E-state index contributed by atoms with van der Waals surface area (Å²) < 4.78 is 50.5. The second kappa shape index (κ2) is 5.56. The maximum absolute atomic E-state index is 13.6. The number of rotatable bonds is 4. The van der Waals surface area contributed by atoms with Crippen LogP contribution in [0.4, 0.5) is 23.2 Å². The van der Waals surface area contributed by atoms with Crippen molar-refractivity contribution in [3.63, 3.8) is 0 Å². The third-order valence-electron chi connectivity index (χ3n) is 2.11. The summed E-state index contributed by atoms with van der Waals surface area (Å²) in [5.74, 6) is -2.60. The average Bonchev–Trinajstić information content (AvgIpc) is 2.25. The summed E-state index contributed by atoms with van der Waals surface area (Å²) >= 11 is 0. The number of hydrogen-bond donors (Lipinski definition) is 1. The molecule has 1 N–H and O–H groups in total. The molecule has 0 amide bonds. The van der Waals surface area contributed by atoms with Gasteiger partial charge in [-0.3, -0.25) is 4.79 Å². The third kappa shape index (κ3) is 4.46. The monoisotopic (exact) mass is 276 g/mol. The van der Waals surface area contributed by atoms with Gasteiger partial charge in [-0.1, -0.05) is 0 Å². The van der Waals surface area contributed by atoms with Crippen LogP contribution in [0.15, 0.2) is 18.2 Å². The van der Waals surface area contributed by atoms with Crippen molar-refractivity contribution < 1.29 is 27.5 Å². The molecular weight excluding hydrogens is 268 g/mol. The lowest BCUT2D eigenvalue weighted by Gasteiger charge is -2.24. The molecule has 19 heavy (non-hydrogen) atoms. The van der Waals surface area contributed by atoms with E-state index in [1.165, 1.54) is 0 Å². The van der Waals surface area contributed by atoms with Gasteiger partial charge in [0.1, 0.15) is 18.9 Å². The minimum atomic E-state index is -4.67. The SMILES string of the molecule is N#Cc1ccc(N(CC(=O)O)CC(F)(F)F)c(F)c1. The number of carboxylic acid groups (broad SMARTS) is 1. The number of hydrogen-bond acceptors (Lipinski definition) is 3. The lowest BCUT2D eigenvalue weighted by Crippen LogP contribution is -2.38. The van der Waals surface area contributed by atoms with Crippen molar-refractivity contribution in [3.05, 3.63) is 29.6 Å². The molecule has 0 bridgehead atoms. The Morgan fingerprint density at radius 2 is 2.05 bits per heavy atom. The van der Waals surface area contributed by atoms with Crippen LogP contribution in [0.1, 0.15) is 5.56 Å². The molecule has 102 valence electrons. The first-order valence-electron chi connectivity index (χ1n) is 4.96. The van der Waals surface area contributed by atoms with Crippen molar-refractivity contribution in [3.8, 4) is 6.07 Å². The second-order valence-corrected chi connectivity index (χ2v) is 3.64. The number of anilines is 1. The number of carbonyl (C=O) groups is 1. The Labute approximate surface area is 105 Å². The van der Waals surface area contributed by atoms with E-state index >= 15 is 0 Å². The summed E-state index contributed by atoms with van der Waals surface area (Å²) in [5, 5.41) is 17.1. The number of aliphatic carboxylic acids is 1. The van der Waals surface area contributed by atoms with Crippen molar-refractivity contribution in [1.29, 1.82) is 5.26 Å². The summed E-state index contributed by atoms with van der Waals surface area (Å²) in [5.41, 5.74) is -0.581. The van der Waals surface area contributed by atoms with E-state index in [2.05, 4.69) is 0 Å². The lowest BCUT2D eigenvalue weighted by molar-refractivity contribution is -0.136. The second-order valence-electron chi connectivity index (χ2n) is 3.64. The smallest absolute Gasteiger partial charge is 0.405 e. The zero-order valence-electron chi connectivity index (χ0n) is 9.41. The van der Waals surface area contributed by atoms with E-state index in [0.717, 1.165) is 18.2 Å². The van der Waals surface area contributed by atoms with Crippen LogP contribution in [-0.4, -0.2) is 30.3 Å². The van der Waals surface area contributed by atoms with Gasteiger partial charge in [-0.25, -0.2) is 4.39 Å². The van der Waals surface area contributed by atoms with Crippen LogP contribution < -0.4 is 4.90 Å². The molecule has 0 saturated heterocycles.